The molecule has 0 aromatic rings. The first-order chi connectivity index (χ1) is 12.6. The van der Waals surface area contributed by atoms with E-state index in [1.165, 1.54) is 0 Å². The summed E-state index contributed by atoms with van der Waals surface area (Å²) in [6, 6.07) is -4.33. The van der Waals surface area contributed by atoms with Crippen LogP contribution in [0.2, 0.25) is 0 Å². The first-order valence-electron chi connectivity index (χ1n) is 8.22. The molecule has 3 amide bonds. The number of carbonyl (C=O) groups is 5. The van der Waals surface area contributed by atoms with Crippen LogP contribution in [0.25, 0.3) is 0 Å². The highest BCUT2D eigenvalue weighted by Crippen LogP contribution is 2.09. The van der Waals surface area contributed by atoms with Crippen molar-refractivity contribution in [2.75, 3.05) is 13.2 Å². The van der Waals surface area contributed by atoms with E-state index in [4.69, 9.17) is 21.1 Å². The Hall–Kier alpha value is -2.73. The molecule has 0 bridgehead atoms. The number of carboxylic acids is 2. The number of aliphatic hydroxyl groups excluding tert-OH is 1. The number of carboxylic acid groups (broad SMARTS) is 2. The Labute approximate surface area is 155 Å². The summed E-state index contributed by atoms with van der Waals surface area (Å²) in [5.74, 6) is -5.82. The predicted octanol–water partition coefficient (Wildman–Crippen LogP) is -3.00. The zero-order valence-electron chi connectivity index (χ0n) is 15.1. The molecule has 12 nitrogen and oxygen atoms in total. The zero-order chi connectivity index (χ0) is 21.1. The molecule has 0 radical (unpaired) electrons. The van der Waals surface area contributed by atoms with E-state index in [1.54, 1.807) is 13.8 Å². The van der Waals surface area contributed by atoms with Crippen LogP contribution in [-0.4, -0.2) is 76.3 Å². The van der Waals surface area contributed by atoms with Gasteiger partial charge in [-0.1, -0.05) is 20.3 Å². The fourth-order valence-corrected chi connectivity index (χ4v) is 2.04. The number of nitrogens with two attached hydrogens (primary N) is 1. The van der Waals surface area contributed by atoms with Crippen molar-refractivity contribution in [1.82, 2.24) is 16.0 Å². The maximum absolute atomic E-state index is 12.5. The number of aliphatic carboxylic acids is 2. The Morgan fingerprint density at radius 1 is 0.963 bits per heavy atom. The topological polar surface area (TPSA) is 208 Å². The molecule has 0 saturated heterocycles. The second-order valence-corrected chi connectivity index (χ2v) is 5.88. The first-order valence-corrected chi connectivity index (χ1v) is 8.22. The quantitative estimate of drug-likeness (QED) is 0.181. The van der Waals surface area contributed by atoms with Crippen LogP contribution in [0.15, 0.2) is 0 Å². The van der Waals surface area contributed by atoms with Gasteiger partial charge in [0.05, 0.1) is 19.6 Å². The standard InChI is InChI=1S/C15H26N4O8/c1-3-7(2)12(19-10(21)5-16)14(25)17-8(4-11(22)23)13(24)18-9(6-20)15(26)27/h7-9,12,20H,3-6,16H2,1-2H3,(H,17,25)(H,18,24)(H,19,21)(H,22,23)(H,26,27). The summed E-state index contributed by atoms with van der Waals surface area (Å²) in [6.45, 7) is 2.14. The average Bonchev–Trinajstić information content (AvgIpc) is 2.61. The molecular weight excluding hydrogens is 364 g/mol. The van der Waals surface area contributed by atoms with Gasteiger partial charge >= 0.3 is 11.9 Å². The molecule has 0 saturated carbocycles. The van der Waals surface area contributed by atoms with E-state index < -0.39 is 60.8 Å². The lowest BCUT2D eigenvalue weighted by Gasteiger charge is -2.26. The third-order valence-electron chi connectivity index (χ3n) is 3.81. The number of rotatable bonds is 12. The molecule has 8 N–H and O–H groups in total. The summed E-state index contributed by atoms with van der Waals surface area (Å²) < 4.78 is 0. The maximum Gasteiger partial charge on any atom is 0.328 e. The van der Waals surface area contributed by atoms with Crippen LogP contribution >= 0.6 is 0 Å². The van der Waals surface area contributed by atoms with Gasteiger partial charge in [0.15, 0.2) is 0 Å². The molecule has 0 heterocycles. The van der Waals surface area contributed by atoms with Gasteiger partial charge in [0.2, 0.25) is 17.7 Å². The minimum Gasteiger partial charge on any atom is -0.481 e. The Bertz CT molecular complexity index is 568. The van der Waals surface area contributed by atoms with Crippen LogP contribution in [0, 0.1) is 5.92 Å². The van der Waals surface area contributed by atoms with Crippen LogP contribution < -0.4 is 21.7 Å². The molecule has 0 aliphatic heterocycles. The van der Waals surface area contributed by atoms with Gasteiger partial charge in [-0.15, -0.1) is 0 Å². The van der Waals surface area contributed by atoms with Gasteiger partial charge in [-0.25, -0.2) is 4.79 Å². The molecule has 4 unspecified atom stereocenters. The Balaban J connectivity index is 5.35. The molecule has 12 heteroatoms. The molecule has 0 aromatic carbocycles. The van der Waals surface area contributed by atoms with Crippen LogP contribution in [0.5, 0.6) is 0 Å². The van der Waals surface area contributed by atoms with Crippen molar-refractivity contribution >= 4 is 29.7 Å². The fourth-order valence-electron chi connectivity index (χ4n) is 2.04. The van der Waals surface area contributed by atoms with Gasteiger partial charge < -0.3 is 37.0 Å². The highest BCUT2D eigenvalue weighted by atomic mass is 16.4. The minimum atomic E-state index is -1.66. The first kappa shape index (κ1) is 24.3. The van der Waals surface area contributed by atoms with E-state index in [2.05, 4.69) is 10.6 Å². The van der Waals surface area contributed by atoms with E-state index >= 15 is 0 Å². The lowest BCUT2D eigenvalue weighted by Crippen LogP contribution is -2.58. The minimum absolute atomic E-state index is 0.349. The Morgan fingerprint density at radius 2 is 1.52 bits per heavy atom. The molecule has 0 fully saturated rings. The molecule has 0 rings (SSSR count). The van der Waals surface area contributed by atoms with E-state index in [0.717, 1.165) is 0 Å². The molecule has 0 aliphatic carbocycles. The maximum atomic E-state index is 12.5. The van der Waals surface area contributed by atoms with Crippen molar-refractivity contribution in [3.05, 3.63) is 0 Å². The van der Waals surface area contributed by atoms with Crippen LogP contribution in [0.4, 0.5) is 0 Å². The highest BCUT2D eigenvalue weighted by molar-refractivity contribution is 5.95. The molecular formula is C15H26N4O8. The number of hydrogen-bond donors (Lipinski definition) is 7. The van der Waals surface area contributed by atoms with Crippen molar-refractivity contribution in [3.63, 3.8) is 0 Å². The van der Waals surface area contributed by atoms with Crippen molar-refractivity contribution < 1.29 is 39.3 Å². The summed E-state index contributed by atoms with van der Waals surface area (Å²) in [7, 11) is 0. The van der Waals surface area contributed by atoms with E-state index in [1.807, 2.05) is 5.32 Å². The second kappa shape index (κ2) is 11.8. The molecule has 0 aromatic heterocycles. The number of carbonyl (C=O) groups excluding carboxylic acids is 3. The molecule has 27 heavy (non-hydrogen) atoms. The van der Waals surface area contributed by atoms with Crippen molar-refractivity contribution in [3.8, 4) is 0 Å². The van der Waals surface area contributed by atoms with Crippen LogP contribution in [0.1, 0.15) is 26.7 Å². The Morgan fingerprint density at radius 3 is 1.93 bits per heavy atom. The van der Waals surface area contributed by atoms with Gasteiger partial charge in [-0.2, -0.15) is 0 Å². The van der Waals surface area contributed by atoms with Crippen LogP contribution in [-0.2, 0) is 24.0 Å². The van der Waals surface area contributed by atoms with E-state index in [0.29, 0.717) is 6.42 Å². The lowest BCUT2D eigenvalue weighted by molar-refractivity contribution is -0.144. The van der Waals surface area contributed by atoms with E-state index in [9.17, 15) is 24.0 Å². The smallest absolute Gasteiger partial charge is 0.328 e. The Kier molecular flexibility index (Phi) is 10.6. The van der Waals surface area contributed by atoms with Gasteiger partial charge in [-0.3, -0.25) is 19.2 Å². The van der Waals surface area contributed by atoms with Gasteiger partial charge in [0, 0.05) is 0 Å². The van der Waals surface area contributed by atoms with Gasteiger partial charge in [-0.05, 0) is 5.92 Å². The summed E-state index contributed by atoms with van der Waals surface area (Å²) in [6.07, 6.45) is -0.336. The summed E-state index contributed by atoms with van der Waals surface area (Å²) >= 11 is 0. The normalized spacial score (nSPS) is 15.0. The monoisotopic (exact) mass is 390 g/mol. The van der Waals surface area contributed by atoms with E-state index in [-0.39, 0.29) is 12.5 Å². The number of aliphatic hydroxyl groups is 1. The van der Waals surface area contributed by atoms with Crippen molar-refractivity contribution in [2.45, 2.75) is 44.8 Å². The fraction of sp³-hybridized carbons (Fsp3) is 0.667. The second-order valence-electron chi connectivity index (χ2n) is 5.88. The lowest BCUT2D eigenvalue weighted by atomic mass is 9.97. The van der Waals surface area contributed by atoms with Crippen molar-refractivity contribution in [1.29, 1.82) is 0 Å². The third kappa shape index (κ3) is 8.46. The summed E-state index contributed by atoms with van der Waals surface area (Å²) in [5, 5.41) is 33.3. The highest BCUT2D eigenvalue weighted by Gasteiger charge is 2.32. The summed E-state index contributed by atoms with van der Waals surface area (Å²) in [4.78, 5) is 58.0. The zero-order valence-corrected chi connectivity index (χ0v) is 15.1. The number of hydrogen-bond acceptors (Lipinski definition) is 7. The number of amides is 3. The largest absolute Gasteiger partial charge is 0.481 e. The molecule has 4 atom stereocenters. The molecule has 0 spiro atoms. The average molecular weight is 390 g/mol. The predicted molar refractivity (Wildman–Crippen MR) is 91.3 cm³/mol. The van der Waals surface area contributed by atoms with Gasteiger partial charge in [0.1, 0.15) is 18.1 Å². The summed E-state index contributed by atoms with van der Waals surface area (Å²) in [5.41, 5.74) is 5.21. The van der Waals surface area contributed by atoms with Gasteiger partial charge in [0.25, 0.3) is 0 Å². The van der Waals surface area contributed by atoms with Crippen LogP contribution in [0.3, 0.4) is 0 Å². The van der Waals surface area contributed by atoms with Crippen molar-refractivity contribution in [2.24, 2.45) is 11.7 Å². The number of nitrogens with one attached hydrogen (secondary N) is 3. The molecule has 0 aliphatic rings. The SMILES string of the molecule is CCC(C)C(NC(=O)CN)C(=O)NC(CC(=O)O)C(=O)NC(CO)C(=O)O. The molecule has 154 valence electrons. The third-order valence-corrected chi connectivity index (χ3v) is 3.81.